The summed E-state index contributed by atoms with van der Waals surface area (Å²) < 4.78 is 9.84. The normalized spacial score (nSPS) is 15.8. The fourth-order valence-corrected chi connectivity index (χ4v) is 3.63. The Morgan fingerprint density at radius 1 is 1.26 bits per heavy atom. The number of ether oxygens (including phenoxy) is 1. The zero-order valence-corrected chi connectivity index (χ0v) is 15.1. The average molecular weight is 352 g/mol. The summed E-state index contributed by atoms with van der Waals surface area (Å²) in [7, 11) is 0. The molecule has 1 aliphatic rings. The van der Waals surface area contributed by atoms with Crippen LogP contribution < -0.4 is 4.90 Å². The van der Waals surface area contributed by atoms with Crippen molar-refractivity contribution in [3.8, 4) is 11.4 Å². The van der Waals surface area contributed by atoms with E-state index >= 15 is 0 Å². The summed E-state index contributed by atoms with van der Waals surface area (Å²) >= 11 is 3.05. The van der Waals surface area contributed by atoms with Gasteiger partial charge in [-0.2, -0.15) is 20.7 Å². The maximum Gasteiger partial charge on any atom is 0.410 e. The van der Waals surface area contributed by atoms with E-state index in [9.17, 15) is 4.79 Å². The minimum Gasteiger partial charge on any atom is -0.444 e. The molecule has 0 N–H and O–H groups in total. The molecule has 124 valence electrons. The predicted molar refractivity (Wildman–Crippen MR) is 93.2 cm³/mol. The SMILES string of the molecule is CC(C)(C)OC(=O)N1CCN(c2nc(-c3ccsc3)ns2)CC1. The lowest BCUT2D eigenvalue weighted by Gasteiger charge is -2.35. The van der Waals surface area contributed by atoms with Crippen LogP contribution >= 0.6 is 22.9 Å². The highest BCUT2D eigenvalue weighted by atomic mass is 32.1. The van der Waals surface area contributed by atoms with Crippen molar-refractivity contribution in [1.29, 1.82) is 0 Å². The zero-order valence-electron chi connectivity index (χ0n) is 13.5. The molecule has 23 heavy (non-hydrogen) atoms. The van der Waals surface area contributed by atoms with Gasteiger partial charge in [-0.15, -0.1) is 0 Å². The Morgan fingerprint density at radius 2 is 2.00 bits per heavy atom. The second-order valence-corrected chi connectivity index (χ2v) is 7.88. The molecule has 0 bridgehead atoms. The Hall–Kier alpha value is -1.67. The van der Waals surface area contributed by atoms with Gasteiger partial charge in [0.1, 0.15) is 5.60 Å². The van der Waals surface area contributed by atoms with Crippen LogP contribution in [0.25, 0.3) is 11.4 Å². The molecule has 3 heterocycles. The van der Waals surface area contributed by atoms with Crippen LogP contribution in [0.15, 0.2) is 16.8 Å². The highest BCUT2D eigenvalue weighted by Crippen LogP contribution is 2.26. The quantitative estimate of drug-likeness (QED) is 0.830. The molecule has 0 radical (unpaired) electrons. The van der Waals surface area contributed by atoms with E-state index in [4.69, 9.17) is 4.74 Å². The van der Waals surface area contributed by atoms with Crippen molar-refractivity contribution in [1.82, 2.24) is 14.3 Å². The van der Waals surface area contributed by atoms with Gasteiger partial charge < -0.3 is 14.5 Å². The molecule has 0 spiro atoms. The smallest absolute Gasteiger partial charge is 0.410 e. The highest BCUT2D eigenvalue weighted by molar-refractivity contribution is 7.10. The van der Waals surface area contributed by atoms with Gasteiger partial charge in [-0.1, -0.05) is 0 Å². The maximum absolute atomic E-state index is 12.1. The first-order valence-corrected chi connectivity index (χ1v) is 9.23. The molecule has 0 atom stereocenters. The van der Waals surface area contributed by atoms with Gasteiger partial charge in [-0.25, -0.2) is 4.79 Å². The molecule has 6 nitrogen and oxygen atoms in total. The minimum atomic E-state index is -0.455. The molecule has 0 aliphatic carbocycles. The molecule has 3 rings (SSSR count). The van der Waals surface area contributed by atoms with E-state index in [1.54, 1.807) is 16.2 Å². The van der Waals surface area contributed by atoms with Crippen LogP contribution in [0.1, 0.15) is 20.8 Å². The predicted octanol–water partition coefficient (Wildman–Crippen LogP) is 3.32. The molecule has 1 fully saturated rings. The van der Waals surface area contributed by atoms with E-state index < -0.39 is 5.60 Å². The lowest BCUT2D eigenvalue weighted by atomic mass is 10.2. The van der Waals surface area contributed by atoms with Crippen LogP contribution in [0.4, 0.5) is 9.93 Å². The van der Waals surface area contributed by atoms with Crippen molar-refractivity contribution >= 4 is 34.1 Å². The van der Waals surface area contributed by atoms with Gasteiger partial charge in [0.15, 0.2) is 5.82 Å². The Balaban J connectivity index is 1.58. The molecular weight excluding hydrogens is 332 g/mol. The lowest BCUT2D eigenvalue weighted by Crippen LogP contribution is -2.50. The fourth-order valence-electron chi connectivity index (χ4n) is 2.26. The molecule has 8 heteroatoms. The molecule has 1 aliphatic heterocycles. The first-order valence-electron chi connectivity index (χ1n) is 7.51. The summed E-state index contributed by atoms with van der Waals surface area (Å²) in [6, 6.07) is 2.02. The Kier molecular flexibility index (Phi) is 4.54. The monoisotopic (exact) mass is 352 g/mol. The van der Waals surface area contributed by atoms with E-state index in [1.807, 2.05) is 37.6 Å². The summed E-state index contributed by atoms with van der Waals surface area (Å²) in [4.78, 5) is 20.6. The van der Waals surface area contributed by atoms with Crippen LogP contribution in [-0.2, 0) is 4.74 Å². The van der Waals surface area contributed by atoms with E-state index in [1.165, 1.54) is 11.5 Å². The summed E-state index contributed by atoms with van der Waals surface area (Å²) in [5.74, 6) is 0.779. The number of carbonyl (C=O) groups is 1. The van der Waals surface area contributed by atoms with E-state index in [-0.39, 0.29) is 6.09 Å². The standard InChI is InChI=1S/C15H20N4O2S2/c1-15(2,3)21-14(20)19-7-5-18(6-8-19)13-16-12(17-23-13)11-4-9-22-10-11/h4,9-10H,5-8H2,1-3H3. The van der Waals surface area contributed by atoms with Gasteiger partial charge in [-0.05, 0) is 32.2 Å². The molecule has 1 saturated heterocycles. The van der Waals surface area contributed by atoms with Gasteiger partial charge in [-0.3, -0.25) is 0 Å². The van der Waals surface area contributed by atoms with Crippen LogP contribution in [0.5, 0.6) is 0 Å². The molecule has 2 aromatic heterocycles. The topological polar surface area (TPSA) is 58.6 Å². The Labute approximate surface area is 143 Å². The number of aromatic nitrogens is 2. The molecule has 0 saturated carbocycles. The minimum absolute atomic E-state index is 0.242. The number of anilines is 1. The van der Waals surface area contributed by atoms with Gasteiger partial charge >= 0.3 is 6.09 Å². The van der Waals surface area contributed by atoms with Crippen molar-refractivity contribution < 1.29 is 9.53 Å². The van der Waals surface area contributed by atoms with Crippen molar-refractivity contribution in [2.45, 2.75) is 26.4 Å². The number of hydrogen-bond donors (Lipinski definition) is 0. The van der Waals surface area contributed by atoms with Crippen LogP contribution in [0.2, 0.25) is 0 Å². The van der Waals surface area contributed by atoms with Crippen LogP contribution in [0.3, 0.4) is 0 Å². The summed E-state index contributed by atoms with van der Waals surface area (Å²) in [5.41, 5.74) is 0.605. The number of piperazine rings is 1. The number of nitrogens with zero attached hydrogens (tertiary/aromatic N) is 4. The van der Waals surface area contributed by atoms with Gasteiger partial charge in [0.2, 0.25) is 5.13 Å². The average Bonchev–Trinajstić information content (AvgIpc) is 3.17. The lowest BCUT2D eigenvalue weighted by molar-refractivity contribution is 0.0240. The second kappa shape index (κ2) is 6.45. The third kappa shape index (κ3) is 4.00. The van der Waals surface area contributed by atoms with Gasteiger partial charge in [0, 0.05) is 48.7 Å². The van der Waals surface area contributed by atoms with Crippen LogP contribution in [0, 0.1) is 0 Å². The van der Waals surface area contributed by atoms with E-state index in [2.05, 4.69) is 14.3 Å². The second-order valence-electron chi connectivity index (χ2n) is 6.37. The maximum atomic E-state index is 12.1. The number of rotatable bonds is 2. The third-order valence-electron chi connectivity index (χ3n) is 3.40. The van der Waals surface area contributed by atoms with Crippen molar-refractivity contribution in [3.05, 3.63) is 16.8 Å². The molecule has 0 unspecified atom stereocenters. The largest absolute Gasteiger partial charge is 0.444 e. The molecule has 2 aromatic rings. The molecule has 0 aromatic carbocycles. The molecule has 1 amide bonds. The number of amides is 1. The van der Waals surface area contributed by atoms with Gasteiger partial charge in [0.25, 0.3) is 0 Å². The van der Waals surface area contributed by atoms with E-state index in [0.717, 1.165) is 29.6 Å². The van der Waals surface area contributed by atoms with Crippen LogP contribution in [-0.4, -0.2) is 52.1 Å². The number of thiophene rings is 1. The Morgan fingerprint density at radius 3 is 2.61 bits per heavy atom. The number of carbonyl (C=O) groups excluding carboxylic acids is 1. The van der Waals surface area contributed by atoms with Crippen molar-refractivity contribution in [3.63, 3.8) is 0 Å². The summed E-state index contributed by atoms with van der Waals surface area (Å²) in [6.45, 7) is 8.43. The first-order chi connectivity index (χ1) is 10.9. The van der Waals surface area contributed by atoms with E-state index in [0.29, 0.717) is 13.1 Å². The fraction of sp³-hybridized carbons (Fsp3) is 0.533. The zero-order chi connectivity index (χ0) is 16.4. The first kappa shape index (κ1) is 16.2. The highest BCUT2D eigenvalue weighted by Gasteiger charge is 2.27. The summed E-state index contributed by atoms with van der Waals surface area (Å²) in [6.07, 6.45) is -0.242. The summed E-state index contributed by atoms with van der Waals surface area (Å²) in [5, 5.41) is 4.98. The third-order valence-corrected chi connectivity index (χ3v) is 4.86. The molecular formula is C15H20N4O2S2. The number of hydrogen-bond acceptors (Lipinski definition) is 7. The van der Waals surface area contributed by atoms with Gasteiger partial charge in [0.05, 0.1) is 0 Å². The Bertz CT molecular complexity index is 655. The van der Waals surface area contributed by atoms with Crippen molar-refractivity contribution in [2.75, 3.05) is 31.1 Å². The van der Waals surface area contributed by atoms with Crippen molar-refractivity contribution in [2.24, 2.45) is 0 Å².